The van der Waals surface area contributed by atoms with Crippen molar-refractivity contribution in [1.82, 2.24) is 0 Å². The molecule has 0 aliphatic carbocycles. The van der Waals surface area contributed by atoms with Crippen molar-refractivity contribution in [3.8, 4) is 0 Å². The molecular formula is C9H11BrO2S. The maximum absolute atomic E-state index is 10.9. The van der Waals surface area contributed by atoms with Crippen LogP contribution >= 0.6 is 27.3 Å². The Hall–Kier alpha value is -0.350. The van der Waals surface area contributed by atoms with Crippen LogP contribution in [0.3, 0.4) is 0 Å². The van der Waals surface area contributed by atoms with Gasteiger partial charge in [-0.05, 0) is 34.5 Å². The fraction of sp³-hybridized carbons (Fsp3) is 0.444. The summed E-state index contributed by atoms with van der Waals surface area (Å²) in [5.41, 5.74) is 0. The smallest absolute Gasteiger partial charge is 0.311 e. The molecule has 1 atom stereocenters. The molecule has 1 aromatic rings. The van der Waals surface area contributed by atoms with Gasteiger partial charge in [0.25, 0.3) is 0 Å². The van der Waals surface area contributed by atoms with E-state index in [0.29, 0.717) is 6.42 Å². The fourth-order valence-corrected chi connectivity index (χ4v) is 2.74. The molecule has 0 aromatic carbocycles. The molecule has 0 saturated heterocycles. The number of carbonyl (C=O) groups is 1. The molecule has 1 heterocycles. The minimum absolute atomic E-state index is 0.332. The van der Waals surface area contributed by atoms with Crippen LogP contribution in [0, 0.1) is 0 Å². The van der Waals surface area contributed by atoms with Gasteiger partial charge in [0.2, 0.25) is 0 Å². The largest absolute Gasteiger partial charge is 0.481 e. The molecule has 0 radical (unpaired) electrons. The summed E-state index contributed by atoms with van der Waals surface area (Å²) >= 11 is 4.83. The van der Waals surface area contributed by atoms with Crippen molar-refractivity contribution in [2.75, 3.05) is 0 Å². The van der Waals surface area contributed by atoms with E-state index in [1.807, 2.05) is 19.1 Å². The lowest BCUT2D eigenvalue weighted by atomic mass is 10.0. The minimum Gasteiger partial charge on any atom is -0.481 e. The van der Waals surface area contributed by atoms with Gasteiger partial charge in [-0.15, -0.1) is 11.3 Å². The summed E-state index contributed by atoms with van der Waals surface area (Å²) < 4.78 is 0.991. The third-order valence-electron chi connectivity index (χ3n) is 1.81. The Bertz CT molecular complexity index is 296. The molecule has 0 spiro atoms. The standard InChI is InChI=1S/C9H11BrO2S/c1-2-3-6(9(11)12)7-4-5-8(10)13-7/h4-6H,2-3H2,1H3,(H,11,12). The molecule has 4 heteroatoms. The number of hydrogen-bond acceptors (Lipinski definition) is 2. The first kappa shape index (κ1) is 10.7. The van der Waals surface area contributed by atoms with Crippen LogP contribution in [0.4, 0.5) is 0 Å². The summed E-state index contributed by atoms with van der Waals surface area (Å²) in [5, 5.41) is 8.96. The summed E-state index contributed by atoms with van der Waals surface area (Å²) in [7, 11) is 0. The van der Waals surface area contributed by atoms with Crippen molar-refractivity contribution < 1.29 is 9.90 Å². The zero-order chi connectivity index (χ0) is 9.84. The molecule has 0 aliphatic rings. The molecule has 0 amide bonds. The Morgan fingerprint density at radius 3 is 2.77 bits per heavy atom. The normalized spacial score (nSPS) is 12.8. The quantitative estimate of drug-likeness (QED) is 0.902. The highest BCUT2D eigenvalue weighted by atomic mass is 79.9. The van der Waals surface area contributed by atoms with Crippen LogP contribution in [-0.2, 0) is 4.79 Å². The number of hydrogen-bond donors (Lipinski definition) is 1. The van der Waals surface area contributed by atoms with E-state index in [2.05, 4.69) is 15.9 Å². The van der Waals surface area contributed by atoms with E-state index in [4.69, 9.17) is 5.11 Å². The van der Waals surface area contributed by atoms with Gasteiger partial charge in [0.05, 0.1) is 9.70 Å². The second-order valence-corrected chi connectivity index (χ2v) is 5.32. The first-order valence-corrected chi connectivity index (χ1v) is 5.74. The lowest BCUT2D eigenvalue weighted by molar-refractivity contribution is -0.138. The topological polar surface area (TPSA) is 37.3 Å². The van der Waals surface area contributed by atoms with Crippen LogP contribution in [0.1, 0.15) is 30.6 Å². The van der Waals surface area contributed by atoms with Gasteiger partial charge < -0.3 is 5.11 Å². The molecule has 1 rings (SSSR count). The summed E-state index contributed by atoms with van der Waals surface area (Å²) in [4.78, 5) is 11.8. The van der Waals surface area contributed by atoms with Crippen LogP contribution in [-0.4, -0.2) is 11.1 Å². The maximum atomic E-state index is 10.9. The number of thiophene rings is 1. The molecule has 2 nitrogen and oxygen atoms in total. The number of halogens is 1. The predicted molar refractivity (Wildman–Crippen MR) is 57.3 cm³/mol. The fourth-order valence-electron chi connectivity index (χ4n) is 1.19. The van der Waals surface area contributed by atoms with Gasteiger partial charge in [-0.1, -0.05) is 13.3 Å². The van der Waals surface area contributed by atoms with Gasteiger partial charge in [0.1, 0.15) is 0 Å². The number of rotatable bonds is 4. The molecule has 1 aromatic heterocycles. The first-order valence-electron chi connectivity index (χ1n) is 4.13. The zero-order valence-corrected chi connectivity index (χ0v) is 9.69. The van der Waals surface area contributed by atoms with Crippen LogP contribution in [0.25, 0.3) is 0 Å². The van der Waals surface area contributed by atoms with Crippen molar-refractivity contribution in [2.45, 2.75) is 25.7 Å². The maximum Gasteiger partial charge on any atom is 0.311 e. The molecular weight excluding hydrogens is 252 g/mol. The van der Waals surface area contributed by atoms with E-state index < -0.39 is 5.97 Å². The second kappa shape index (κ2) is 4.77. The molecule has 0 fully saturated rings. The molecule has 0 aliphatic heterocycles. The van der Waals surface area contributed by atoms with E-state index in [1.165, 1.54) is 11.3 Å². The summed E-state index contributed by atoms with van der Waals surface area (Å²) in [6.07, 6.45) is 1.61. The van der Waals surface area contributed by atoms with Crippen molar-refractivity contribution in [3.63, 3.8) is 0 Å². The molecule has 72 valence electrons. The zero-order valence-electron chi connectivity index (χ0n) is 7.29. The Balaban J connectivity index is 2.81. The van der Waals surface area contributed by atoms with E-state index in [0.717, 1.165) is 15.1 Å². The Kier molecular flexibility index (Phi) is 3.93. The van der Waals surface area contributed by atoms with Crippen LogP contribution < -0.4 is 0 Å². The Morgan fingerprint density at radius 2 is 2.38 bits per heavy atom. The van der Waals surface area contributed by atoms with Crippen LogP contribution in [0.15, 0.2) is 15.9 Å². The van der Waals surface area contributed by atoms with E-state index in [-0.39, 0.29) is 5.92 Å². The van der Waals surface area contributed by atoms with E-state index >= 15 is 0 Å². The molecule has 1 unspecified atom stereocenters. The highest BCUT2D eigenvalue weighted by molar-refractivity contribution is 9.11. The van der Waals surface area contributed by atoms with Crippen molar-refractivity contribution in [3.05, 3.63) is 20.8 Å². The molecule has 0 saturated carbocycles. The van der Waals surface area contributed by atoms with Gasteiger partial charge in [-0.25, -0.2) is 0 Å². The highest BCUT2D eigenvalue weighted by Gasteiger charge is 2.20. The summed E-state index contributed by atoms with van der Waals surface area (Å²) in [6, 6.07) is 3.77. The van der Waals surface area contributed by atoms with Crippen molar-refractivity contribution in [2.24, 2.45) is 0 Å². The SMILES string of the molecule is CCCC(C(=O)O)c1ccc(Br)s1. The number of carboxylic acids is 1. The van der Waals surface area contributed by atoms with Gasteiger partial charge in [-0.2, -0.15) is 0 Å². The van der Waals surface area contributed by atoms with Gasteiger partial charge in [0, 0.05) is 4.88 Å². The van der Waals surface area contributed by atoms with Gasteiger partial charge in [0.15, 0.2) is 0 Å². The first-order chi connectivity index (χ1) is 6.15. The van der Waals surface area contributed by atoms with Crippen molar-refractivity contribution in [1.29, 1.82) is 0 Å². The summed E-state index contributed by atoms with van der Waals surface area (Å²) in [6.45, 7) is 2.00. The third-order valence-corrected chi connectivity index (χ3v) is 3.55. The Morgan fingerprint density at radius 1 is 1.69 bits per heavy atom. The van der Waals surface area contributed by atoms with Crippen LogP contribution in [0.5, 0.6) is 0 Å². The van der Waals surface area contributed by atoms with E-state index in [1.54, 1.807) is 0 Å². The van der Waals surface area contributed by atoms with Gasteiger partial charge in [-0.3, -0.25) is 4.79 Å². The number of carboxylic acid groups (broad SMARTS) is 1. The third kappa shape index (κ3) is 2.81. The highest BCUT2D eigenvalue weighted by Crippen LogP contribution is 2.31. The van der Waals surface area contributed by atoms with E-state index in [9.17, 15) is 4.79 Å². The average Bonchev–Trinajstić information content (AvgIpc) is 2.46. The van der Waals surface area contributed by atoms with Gasteiger partial charge >= 0.3 is 5.97 Å². The predicted octanol–water partition coefficient (Wildman–Crippen LogP) is 3.48. The lowest BCUT2D eigenvalue weighted by Crippen LogP contribution is -2.09. The molecule has 0 bridgehead atoms. The van der Waals surface area contributed by atoms with Crippen molar-refractivity contribution >= 4 is 33.2 Å². The average molecular weight is 263 g/mol. The molecule has 1 N–H and O–H groups in total. The summed E-state index contributed by atoms with van der Waals surface area (Å²) in [5.74, 6) is -1.06. The van der Waals surface area contributed by atoms with Crippen LogP contribution in [0.2, 0.25) is 0 Å². The minimum atomic E-state index is -0.726. The lowest BCUT2D eigenvalue weighted by Gasteiger charge is -2.07. The monoisotopic (exact) mass is 262 g/mol. The molecule has 13 heavy (non-hydrogen) atoms. The second-order valence-electron chi connectivity index (χ2n) is 2.82. The Labute approximate surface area is 89.7 Å². The number of aliphatic carboxylic acids is 1.